The van der Waals surface area contributed by atoms with E-state index in [4.69, 9.17) is 19.7 Å². The number of benzene rings is 8. The van der Waals surface area contributed by atoms with Crippen LogP contribution in [0, 0.1) is 11.3 Å². The normalized spacial score (nSPS) is 12.4. The Bertz CT molecular complexity index is 2950. The van der Waals surface area contributed by atoms with Crippen molar-refractivity contribution in [3.63, 3.8) is 0 Å². The van der Waals surface area contributed by atoms with E-state index in [-0.39, 0.29) is 0 Å². The maximum Gasteiger partial charge on any atom is 0.164 e. The van der Waals surface area contributed by atoms with E-state index in [0.29, 0.717) is 23.0 Å². The second-order valence-electron chi connectivity index (χ2n) is 14.3. The van der Waals surface area contributed by atoms with Gasteiger partial charge in [-0.3, -0.25) is 0 Å². The van der Waals surface area contributed by atoms with Crippen LogP contribution < -0.4 is 4.74 Å². The number of nitriles is 1. The molecular weight excluding hydrogens is 709 g/mol. The molecule has 9 aromatic rings. The van der Waals surface area contributed by atoms with Crippen molar-refractivity contribution < 1.29 is 4.74 Å². The van der Waals surface area contributed by atoms with Crippen LogP contribution in [0.1, 0.15) is 27.8 Å². The van der Waals surface area contributed by atoms with Gasteiger partial charge in [0.15, 0.2) is 17.5 Å². The lowest BCUT2D eigenvalue weighted by Gasteiger charge is -2.41. The van der Waals surface area contributed by atoms with E-state index in [1.54, 1.807) is 6.07 Å². The van der Waals surface area contributed by atoms with E-state index >= 15 is 0 Å². The fraction of sp³-hybridized carbons (Fsp3) is 0.0189. The fourth-order valence-electron chi connectivity index (χ4n) is 8.18. The highest BCUT2D eigenvalue weighted by Gasteiger charge is 2.45. The first-order valence-electron chi connectivity index (χ1n) is 19.2. The Kier molecular flexibility index (Phi) is 8.70. The average Bonchev–Trinajstić information content (AvgIpc) is 3.31. The summed E-state index contributed by atoms with van der Waals surface area (Å²) < 4.78 is 6.78. The Hall–Kier alpha value is -7.94. The topological polar surface area (TPSA) is 71.7 Å². The Balaban J connectivity index is 1.06. The molecule has 0 radical (unpaired) electrons. The molecular formula is C53H34N4O. The van der Waals surface area contributed by atoms with Crippen LogP contribution in [0.25, 0.3) is 56.4 Å². The van der Waals surface area contributed by atoms with Gasteiger partial charge in [-0.1, -0.05) is 170 Å². The Morgan fingerprint density at radius 2 is 0.810 bits per heavy atom. The van der Waals surface area contributed by atoms with E-state index in [2.05, 4.69) is 140 Å². The van der Waals surface area contributed by atoms with Crippen molar-refractivity contribution in [2.45, 2.75) is 5.41 Å². The van der Waals surface area contributed by atoms with Crippen molar-refractivity contribution in [3.05, 3.63) is 234 Å². The third kappa shape index (κ3) is 6.10. The summed E-state index contributed by atoms with van der Waals surface area (Å²) in [6.07, 6.45) is 0. The zero-order chi connectivity index (χ0) is 38.9. The molecule has 58 heavy (non-hydrogen) atoms. The molecule has 0 amide bonds. The van der Waals surface area contributed by atoms with Crippen LogP contribution in [-0.4, -0.2) is 15.0 Å². The van der Waals surface area contributed by atoms with E-state index in [0.717, 1.165) is 61.6 Å². The third-order valence-corrected chi connectivity index (χ3v) is 10.9. The van der Waals surface area contributed by atoms with Gasteiger partial charge in [-0.2, -0.15) is 5.26 Å². The van der Waals surface area contributed by atoms with Crippen LogP contribution >= 0.6 is 0 Å². The monoisotopic (exact) mass is 742 g/mol. The van der Waals surface area contributed by atoms with E-state index in [1.807, 2.05) is 66.7 Å². The summed E-state index contributed by atoms with van der Waals surface area (Å²) in [5.74, 6) is 3.30. The Labute approximate surface area is 337 Å². The number of fused-ring (bicyclic) bond motifs is 2. The van der Waals surface area contributed by atoms with Crippen LogP contribution in [-0.2, 0) is 5.41 Å². The molecule has 0 unspecified atom stereocenters. The molecule has 0 bridgehead atoms. The van der Waals surface area contributed by atoms with E-state index < -0.39 is 5.41 Å². The van der Waals surface area contributed by atoms with E-state index in [9.17, 15) is 5.26 Å². The lowest BCUT2D eigenvalue weighted by Crippen LogP contribution is -2.34. The van der Waals surface area contributed by atoms with Crippen molar-refractivity contribution in [1.82, 2.24) is 15.0 Å². The largest absolute Gasteiger partial charge is 0.457 e. The minimum atomic E-state index is -0.568. The molecule has 0 N–H and O–H groups in total. The van der Waals surface area contributed by atoms with E-state index in [1.165, 1.54) is 11.1 Å². The molecule has 0 saturated heterocycles. The smallest absolute Gasteiger partial charge is 0.164 e. The summed E-state index contributed by atoms with van der Waals surface area (Å²) in [7, 11) is 0. The minimum absolute atomic E-state index is 0.508. The van der Waals surface area contributed by atoms with Gasteiger partial charge in [-0.15, -0.1) is 0 Å². The second-order valence-corrected chi connectivity index (χ2v) is 14.3. The maximum atomic E-state index is 9.59. The van der Waals surface area contributed by atoms with Crippen molar-refractivity contribution in [2.75, 3.05) is 0 Å². The SMILES string of the molecule is N#Cc1cccc(-c2nc(-c3ccccc3)nc(-c3cccc(-c4cccc(-c5ccc6c(c5)Oc5ccccc5C6(c5ccccc5)c5ccccc5)c4)c3)n2)c1. The fourth-order valence-corrected chi connectivity index (χ4v) is 8.18. The zero-order valence-corrected chi connectivity index (χ0v) is 31.3. The zero-order valence-electron chi connectivity index (χ0n) is 31.3. The van der Waals surface area contributed by atoms with Crippen molar-refractivity contribution in [2.24, 2.45) is 0 Å². The van der Waals surface area contributed by atoms with Gasteiger partial charge < -0.3 is 4.74 Å². The van der Waals surface area contributed by atoms with Gasteiger partial charge in [0.25, 0.3) is 0 Å². The molecule has 0 saturated carbocycles. The van der Waals surface area contributed by atoms with Crippen LogP contribution in [0.4, 0.5) is 0 Å². The second kappa shape index (κ2) is 14.6. The number of para-hydroxylation sites is 1. The number of nitrogens with zero attached hydrogens (tertiary/aromatic N) is 4. The summed E-state index contributed by atoms with van der Waals surface area (Å²) in [5.41, 5.74) is 11.3. The quantitative estimate of drug-likeness (QED) is 0.163. The summed E-state index contributed by atoms with van der Waals surface area (Å²) in [6.45, 7) is 0. The standard InChI is InChI=1S/C53H34N4O/c54-35-36-15-12-21-42(31-36)51-55-50(37-16-4-1-5-17-37)56-52(57-51)43-22-14-20-40(33-43)38-18-13-19-39(32-38)41-29-30-47-49(34-41)58-48-28-11-10-27-46(48)53(47,44-23-6-2-7-24-44)45-25-8-3-9-26-45/h1-34H. The van der Waals surface area contributed by atoms with Crippen molar-refractivity contribution in [1.29, 1.82) is 5.26 Å². The summed E-state index contributed by atoms with van der Waals surface area (Å²) in [4.78, 5) is 14.7. The Morgan fingerprint density at radius 1 is 0.362 bits per heavy atom. The van der Waals surface area contributed by atoms with Gasteiger partial charge in [0.05, 0.1) is 17.0 Å². The van der Waals surface area contributed by atoms with Crippen LogP contribution in [0.3, 0.4) is 0 Å². The van der Waals surface area contributed by atoms with Gasteiger partial charge in [-0.25, -0.2) is 15.0 Å². The van der Waals surface area contributed by atoms with Crippen LogP contribution in [0.2, 0.25) is 0 Å². The van der Waals surface area contributed by atoms with Gasteiger partial charge in [0.1, 0.15) is 11.5 Å². The number of rotatable bonds is 7. The molecule has 8 aromatic carbocycles. The summed E-state index contributed by atoms with van der Waals surface area (Å²) in [6, 6.07) is 72.9. The van der Waals surface area contributed by atoms with Gasteiger partial charge >= 0.3 is 0 Å². The molecule has 1 aliphatic heterocycles. The van der Waals surface area contributed by atoms with Gasteiger partial charge in [0.2, 0.25) is 0 Å². The molecule has 0 aliphatic carbocycles. The maximum absolute atomic E-state index is 9.59. The highest BCUT2D eigenvalue weighted by molar-refractivity contribution is 5.79. The van der Waals surface area contributed by atoms with Crippen LogP contribution in [0.15, 0.2) is 206 Å². The van der Waals surface area contributed by atoms with Crippen LogP contribution in [0.5, 0.6) is 11.5 Å². The summed E-state index contributed by atoms with van der Waals surface area (Å²) in [5, 5.41) is 9.59. The number of ether oxygens (including phenoxy) is 1. The molecule has 0 atom stereocenters. The predicted molar refractivity (Wildman–Crippen MR) is 230 cm³/mol. The Morgan fingerprint density at radius 3 is 1.43 bits per heavy atom. The molecule has 5 nitrogen and oxygen atoms in total. The minimum Gasteiger partial charge on any atom is -0.457 e. The number of hydrogen-bond donors (Lipinski definition) is 0. The van der Waals surface area contributed by atoms with Gasteiger partial charge in [0, 0.05) is 27.8 Å². The molecule has 2 heterocycles. The lowest BCUT2D eigenvalue weighted by atomic mass is 9.63. The molecule has 1 aliphatic rings. The number of aromatic nitrogens is 3. The molecule has 0 fully saturated rings. The molecule has 1 aromatic heterocycles. The highest BCUT2D eigenvalue weighted by atomic mass is 16.5. The van der Waals surface area contributed by atoms with Crippen molar-refractivity contribution >= 4 is 0 Å². The first-order chi connectivity index (χ1) is 28.7. The third-order valence-electron chi connectivity index (χ3n) is 10.9. The molecule has 272 valence electrons. The molecule has 10 rings (SSSR count). The first-order valence-corrected chi connectivity index (χ1v) is 19.2. The number of hydrogen-bond acceptors (Lipinski definition) is 5. The van der Waals surface area contributed by atoms with Crippen molar-refractivity contribution in [3.8, 4) is 74.0 Å². The molecule has 0 spiro atoms. The first kappa shape index (κ1) is 34.5. The average molecular weight is 743 g/mol. The highest BCUT2D eigenvalue weighted by Crippen LogP contribution is 2.55. The van der Waals surface area contributed by atoms with Gasteiger partial charge in [-0.05, 0) is 69.8 Å². The predicted octanol–water partition coefficient (Wildman–Crippen LogP) is 12.6. The summed E-state index contributed by atoms with van der Waals surface area (Å²) >= 11 is 0. The lowest BCUT2D eigenvalue weighted by molar-refractivity contribution is 0.435. The molecule has 5 heteroatoms.